The molecule has 7 heteroatoms. The molecule has 1 atom stereocenters. The monoisotopic (exact) mass is 365 g/mol. The average Bonchev–Trinajstić information content (AvgIpc) is 2.61. The maximum atomic E-state index is 11.8. The average molecular weight is 366 g/mol. The molecule has 0 aliphatic heterocycles. The van der Waals surface area contributed by atoms with E-state index in [0.29, 0.717) is 24.6 Å². The number of hydrogen-bond acceptors (Lipinski definition) is 5. The third kappa shape index (κ3) is 6.60. The highest BCUT2D eigenvalue weighted by atomic mass is 35.5. The van der Waals surface area contributed by atoms with Crippen LogP contribution in [0.15, 0.2) is 42.6 Å². The van der Waals surface area contributed by atoms with Crippen molar-refractivity contribution in [2.45, 2.75) is 32.4 Å². The van der Waals surface area contributed by atoms with Gasteiger partial charge in [0.25, 0.3) is 0 Å². The van der Waals surface area contributed by atoms with Crippen LogP contribution in [0.3, 0.4) is 0 Å². The summed E-state index contributed by atoms with van der Waals surface area (Å²) < 4.78 is 10.8. The Bertz CT molecular complexity index is 665. The predicted molar refractivity (Wildman–Crippen MR) is 99.3 cm³/mol. The molecule has 136 valence electrons. The first-order chi connectivity index (χ1) is 11.6. The summed E-state index contributed by atoms with van der Waals surface area (Å²) in [6.45, 7) is 2.39. The minimum Gasteiger partial charge on any atom is -0.497 e. The number of amides is 1. The number of nitrogens with two attached hydrogens (primary N) is 1. The van der Waals surface area contributed by atoms with Gasteiger partial charge in [-0.05, 0) is 42.3 Å². The van der Waals surface area contributed by atoms with Gasteiger partial charge in [0, 0.05) is 18.8 Å². The zero-order valence-corrected chi connectivity index (χ0v) is 15.2. The summed E-state index contributed by atoms with van der Waals surface area (Å²) >= 11 is 0. The highest BCUT2D eigenvalue weighted by Gasteiger charge is 2.11. The van der Waals surface area contributed by atoms with Crippen molar-refractivity contribution < 1.29 is 14.3 Å². The number of benzene rings is 1. The minimum atomic E-state index is -0.466. The fourth-order valence-corrected chi connectivity index (χ4v) is 2.14. The zero-order valence-electron chi connectivity index (χ0n) is 14.4. The van der Waals surface area contributed by atoms with Crippen LogP contribution < -0.4 is 20.5 Å². The van der Waals surface area contributed by atoms with E-state index in [2.05, 4.69) is 10.3 Å². The van der Waals surface area contributed by atoms with Crippen molar-refractivity contribution >= 4 is 18.3 Å². The second-order valence-electron chi connectivity index (χ2n) is 5.39. The smallest absolute Gasteiger partial charge is 0.237 e. The number of carbonyl (C=O) groups is 1. The van der Waals surface area contributed by atoms with Crippen molar-refractivity contribution in [3.8, 4) is 17.4 Å². The summed E-state index contributed by atoms with van der Waals surface area (Å²) in [5.41, 5.74) is 6.68. The zero-order chi connectivity index (χ0) is 17.4. The Morgan fingerprint density at radius 1 is 1.24 bits per heavy atom. The van der Waals surface area contributed by atoms with Gasteiger partial charge in [0.2, 0.25) is 11.8 Å². The first kappa shape index (κ1) is 20.7. The topological polar surface area (TPSA) is 86.5 Å². The second kappa shape index (κ2) is 10.5. The third-order valence-corrected chi connectivity index (χ3v) is 3.48. The number of hydrogen-bond donors (Lipinski definition) is 2. The molecule has 0 spiro atoms. The molecular weight excluding hydrogens is 342 g/mol. The van der Waals surface area contributed by atoms with Gasteiger partial charge in [-0.15, -0.1) is 12.4 Å². The number of nitrogens with zero attached hydrogens (tertiary/aromatic N) is 1. The molecule has 0 saturated heterocycles. The van der Waals surface area contributed by atoms with Crippen LogP contribution in [0.25, 0.3) is 0 Å². The molecule has 0 aliphatic rings. The summed E-state index contributed by atoms with van der Waals surface area (Å²) in [7, 11) is 1.61. The Balaban J connectivity index is 0.00000312. The second-order valence-corrected chi connectivity index (χ2v) is 5.39. The van der Waals surface area contributed by atoms with Crippen molar-refractivity contribution in [1.82, 2.24) is 10.3 Å². The quantitative estimate of drug-likeness (QED) is 0.750. The largest absolute Gasteiger partial charge is 0.497 e. The number of pyridine rings is 1. The summed E-state index contributed by atoms with van der Waals surface area (Å²) in [5, 5.41) is 2.83. The van der Waals surface area contributed by atoms with Crippen molar-refractivity contribution in [3.05, 3.63) is 48.2 Å². The molecule has 1 aromatic carbocycles. The van der Waals surface area contributed by atoms with Gasteiger partial charge in [0.1, 0.15) is 11.5 Å². The van der Waals surface area contributed by atoms with Gasteiger partial charge in [-0.2, -0.15) is 0 Å². The minimum absolute atomic E-state index is 0. The molecule has 2 aromatic rings. The van der Waals surface area contributed by atoms with E-state index in [4.69, 9.17) is 15.2 Å². The molecule has 0 aliphatic carbocycles. The predicted octanol–water partition coefficient (Wildman–Crippen LogP) is 3.05. The lowest BCUT2D eigenvalue weighted by Crippen LogP contribution is -2.40. The van der Waals surface area contributed by atoms with E-state index in [1.54, 1.807) is 31.5 Å². The molecule has 1 amide bonds. The van der Waals surface area contributed by atoms with E-state index in [0.717, 1.165) is 17.7 Å². The number of halogens is 1. The van der Waals surface area contributed by atoms with Gasteiger partial charge in [-0.1, -0.05) is 13.3 Å². The van der Waals surface area contributed by atoms with E-state index in [1.807, 2.05) is 25.1 Å². The van der Waals surface area contributed by atoms with Crippen LogP contribution in [-0.2, 0) is 11.3 Å². The van der Waals surface area contributed by atoms with Crippen LogP contribution in [0.4, 0.5) is 0 Å². The molecule has 0 fully saturated rings. The lowest BCUT2D eigenvalue weighted by molar-refractivity contribution is -0.122. The van der Waals surface area contributed by atoms with E-state index in [9.17, 15) is 4.79 Å². The first-order valence-electron chi connectivity index (χ1n) is 7.92. The summed E-state index contributed by atoms with van der Waals surface area (Å²) in [4.78, 5) is 16.0. The van der Waals surface area contributed by atoms with Gasteiger partial charge < -0.3 is 20.5 Å². The molecule has 1 unspecified atom stereocenters. The van der Waals surface area contributed by atoms with Crippen LogP contribution >= 0.6 is 12.4 Å². The lowest BCUT2D eigenvalue weighted by Gasteiger charge is -2.12. The fraction of sp³-hybridized carbons (Fsp3) is 0.333. The van der Waals surface area contributed by atoms with Crippen LogP contribution in [-0.4, -0.2) is 24.0 Å². The van der Waals surface area contributed by atoms with Gasteiger partial charge in [-0.25, -0.2) is 4.98 Å². The molecule has 6 nitrogen and oxygen atoms in total. The van der Waals surface area contributed by atoms with Crippen molar-refractivity contribution in [2.75, 3.05) is 7.11 Å². The van der Waals surface area contributed by atoms with Crippen molar-refractivity contribution in [1.29, 1.82) is 0 Å². The van der Waals surface area contributed by atoms with Gasteiger partial charge >= 0.3 is 0 Å². The number of nitrogens with one attached hydrogen (secondary N) is 1. The van der Waals surface area contributed by atoms with Gasteiger partial charge in [0.15, 0.2) is 0 Å². The molecular formula is C18H24ClN3O3. The summed E-state index contributed by atoms with van der Waals surface area (Å²) in [6.07, 6.45) is 3.20. The Labute approximate surface area is 154 Å². The highest BCUT2D eigenvalue weighted by molar-refractivity contribution is 5.85. The molecule has 1 aromatic heterocycles. The molecule has 0 bridgehead atoms. The number of methoxy groups -OCH3 is 1. The lowest BCUT2D eigenvalue weighted by atomic mass is 10.1. The van der Waals surface area contributed by atoms with Gasteiger partial charge in [0.05, 0.1) is 13.2 Å². The Morgan fingerprint density at radius 3 is 2.56 bits per heavy atom. The molecule has 1 heterocycles. The SMILES string of the molecule is CCCC(N)C(=O)NCc1ccnc(Oc2ccc(OC)cc2)c1.Cl. The standard InChI is InChI=1S/C18H23N3O3.ClH/c1-3-4-16(19)18(22)21-12-13-9-10-20-17(11-13)24-15-7-5-14(23-2)6-8-15;/h5-11,16H,3-4,12,19H2,1-2H3,(H,21,22);1H. The Hall–Kier alpha value is -2.31. The third-order valence-electron chi connectivity index (χ3n) is 3.48. The van der Waals surface area contributed by atoms with Crippen molar-refractivity contribution in [3.63, 3.8) is 0 Å². The maximum Gasteiger partial charge on any atom is 0.237 e. The number of ether oxygens (including phenoxy) is 2. The van der Waals surface area contributed by atoms with E-state index in [-0.39, 0.29) is 18.3 Å². The first-order valence-corrected chi connectivity index (χ1v) is 7.92. The highest BCUT2D eigenvalue weighted by Crippen LogP contribution is 2.22. The summed E-state index contributed by atoms with van der Waals surface area (Å²) in [5.74, 6) is 1.74. The van der Waals surface area contributed by atoms with Crippen LogP contribution in [0, 0.1) is 0 Å². The number of rotatable bonds is 8. The normalized spacial score (nSPS) is 11.2. The molecule has 3 N–H and O–H groups in total. The van der Waals surface area contributed by atoms with Crippen molar-refractivity contribution in [2.24, 2.45) is 5.73 Å². The number of carbonyl (C=O) groups excluding carboxylic acids is 1. The van der Waals surface area contributed by atoms with Gasteiger partial charge in [-0.3, -0.25) is 4.79 Å². The molecule has 0 saturated carbocycles. The fourth-order valence-electron chi connectivity index (χ4n) is 2.14. The molecule has 25 heavy (non-hydrogen) atoms. The molecule has 2 rings (SSSR count). The van der Waals surface area contributed by atoms with Crippen LogP contribution in [0.1, 0.15) is 25.3 Å². The van der Waals surface area contributed by atoms with E-state index in [1.165, 1.54) is 0 Å². The van der Waals surface area contributed by atoms with E-state index >= 15 is 0 Å². The number of aromatic nitrogens is 1. The van der Waals surface area contributed by atoms with E-state index < -0.39 is 6.04 Å². The van der Waals surface area contributed by atoms with Crippen LogP contribution in [0.2, 0.25) is 0 Å². The van der Waals surface area contributed by atoms with Crippen LogP contribution in [0.5, 0.6) is 17.4 Å². The molecule has 0 radical (unpaired) electrons. The maximum absolute atomic E-state index is 11.8. The summed E-state index contributed by atoms with van der Waals surface area (Å²) in [6, 6.07) is 10.4. The Kier molecular flexibility index (Phi) is 8.74. The Morgan fingerprint density at radius 2 is 1.92 bits per heavy atom.